The molecule has 1 N–H and O–H groups in total. The first-order valence-electron chi connectivity index (χ1n) is 28.8. The monoisotopic (exact) mass is 1040 g/mol. The Kier molecular flexibility index (Phi) is 16.9. The van der Waals surface area contributed by atoms with Gasteiger partial charge in [0, 0.05) is 56.4 Å². The van der Waals surface area contributed by atoms with Crippen LogP contribution in [0.15, 0.2) is 36.5 Å². The minimum absolute atomic E-state index is 0.0269. The normalized spacial score (nSPS) is 40.4. The topological polar surface area (TPSA) is 133 Å². The Bertz CT molecular complexity index is 1990. The van der Waals surface area contributed by atoms with Crippen molar-refractivity contribution in [2.24, 2.45) is 29.1 Å². The highest BCUT2D eigenvalue weighted by Crippen LogP contribution is 2.60. The van der Waals surface area contributed by atoms with Crippen LogP contribution in [0, 0.1) is 29.1 Å². The van der Waals surface area contributed by atoms with Crippen molar-refractivity contribution in [3.63, 3.8) is 0 Å². The van der Waals surface area contributed by atoms with Crippen LogP contribution in [0.25, 0.3) is 0 Å². The van der Waals surface area contributed by atoms with E-state index in [0.29, 0.717) is 64.5 Å². The molecule has 72 heavy (non-hydrogen) atoms. The lowest BCUT2D eigenvalue weighted by Crippen LogP contribution is -2.65. The Morgan fingerprint density at radius 3 is 2.31 bits per heavy atom. The molecule has 7 aliphatic heterocycles. The summed E-state index contributed by atoms with van der Waals surface area (Å²) in [5.74, 6) is -2.49. The van der Waals surface area contributed by atoms with Gasteiger partial charge >= 0.3 is 6.09 Å². The largest absolute Gasteiger partial charge is 0.445 e. The number of alkyl carbamates (subject to hydrolysis) is 1. The summed E-state index contributed by atoms with van der Waals surface area (Å²) < 4.78 is 64.2. The molecule has 408 valence electrons. The van der Waals surface area contributed by atoms with Crippen LogP contribution < -0.4 is 5.32 Å². The molecular formula is C58H97NO11Si2. The summed E-state index contributed by atoms with van der Waals surface area (Å²) >= 11 is 0. The van der Waals surface area contributed by atoms with E-state index in [2.05, 4.69) is 107 Å². The molecule has 7 heterocycles. The highest BCUT2D eigenvalue weighted by atomic mass is 28.4. The van der Waals surface area contributed by atoms with Crippen LogP contribution in [-0.4, -0.2) is 108 Å². The van der Waals surface area contributed by atoms with Crippen LogP contribution in [0.5, 0.6) is 0 Å². The molecule has 8 aliphatic rings. The van der Waals surface area contributed by atoms with Crippen LogP contribution in [0.3, 0.4) is 0 Å². The molecule has 0 unspecified atom stereocenters. The Morgan fingerprint density at radius 2 is 1.62 bits per heavy atom. The van der Waals surface area contributed by atoms with Gasteiger partial charge in [0.05, 0.1) is 31.0 Å². The molecule has 0 aromatic rings. The number of nitrogens with one attached hydrogen (secondary N) is 1. The van der Waals surface area contributed by atoms with Gasteiger partial charge < -0.3 is 47.3 Å². The number of Topliss-reactive ketones (excluding diaryl/α,β-unsaturated/α-hetero) is 1. The number of carbonyl (C=O) groups is 2. The zero-order chi connectivity index (χ0) is 52.1. The van der Waals surface area contributed by atoms with E-state index < -0.39 is 63.3 Å². The third-order valence-electron chi connectivity index (χ3n) is 20.0. The number of ketones is 1. The molecule has 14 heteroatoms. The SMILES string of the molecule is C=CCOC(=O)NC[C@H](C)[C@@H](C)C[C@]12CCC([C@@H]3CO3)=C[C@@H]1[C@@H]1O[C@]3(C[C@H]4CCC[C@@]5(CC[C@@]6(O[C@@H](CC[C@@]6(C)O[Si](CC)(CC)CC)CC(=C)CCCC2=O)O5)O4)C[C@@H](C)[C@@H](O[Si](C)(C)C(C)(C)C)[C@H]1O3. The fourth-order valence-corrected chi connectivity index (χ4v) is 18.6. The number of rotatable bonds is 15. The van der Waals surface area contributed by atoms with Crippen molar-refractivity contribution in [1.82, 2.24) is 5.32 Å². The molecule has 7 bridgehead atoms. The molecule has 12 nitrogen and oxygen atoms in total. The van der Waals surface area contributed by atoms with Crippen molar-refractivity contribution >= 4 is 28.5 Å². The molecule has 8 rings (SSSR count). The maximum atomic E-state index is 15.9. The second-order valence-corrected chi connectivity index (χ2v) is 35.4. The average molecular weight is 1040 g/mol. The number of carbonyl (C=O) groups excluding carboxylic acids is 2. The van der Waals surface area contributed by atoms with E-state index in [1.807, 2.05) is 0 Å². The lowest BCUT2D eigenvalue weighted by Gasteiger charge is -2.55. The average Bonchev–Trinajstić information content (AvgIpc) is 4.06. The standard InChI is InChI=1S/C58H97NO11Si2/c1-15-31-62-52(61)59-37-42(8)40(6)34-55-28-24-43(47-38-63-47)33-46(55)50-51-49(68-71(13,14)53(9,10)11)41(7)35-57(66-50,67-51)36-45-22-20-26-56(64-45)29-30-58(69-56)54(12,70-72(16-2,17-3)18-4)27-25-44(65-58)32-39(5)21-19-23-48(55)60/h15,33,40-42,44-47,49-51H,1,5,16-32,34-38H2,2-4,6-14H3,(H,59,61)/t40-,41+,42-,44-,45+,46+,47-,49+,50-,51+,54+,55+,56+,57+,58+/m0/s1. The smallest absolute Gasteiger partial charge is 0.407 e. The summed E-state index contributed by atoms with van der Waals surface area (Å²) in [5.41, 5.74) is 0.974. The van der Waals surface area contributed by atoms with E-state index in [-0.39, 0.29) is 65.5 Å². The van der Waals surface area contributed by atoms with E-state index in [4.69, 9.17) is 42.0 Å². The van der Waals surface area contributed by atoms with Gasteiger partial charge in [-0.15, -0.1) is 0 Å². The van der Waals surface area contributed by atoms with Crippen molar-refractivity contribution in [3.05, 3.63) is 36.5 Å². The van der Waals surface area contributed by atoms with Gasteiger partial charge in [0.1, 0.15) is 30.2 Å². The summed E-state index contributed by atoms with van der Waals surface area (Å²) in [7, 11) is -4.41. The van der Waals surface area contributed by atoms with Gasteiger partial charge in [-0.2, -0.15) is 0 Å². The number of hydrogen-bond donors (Lipinski definition) is 1. The van der Waals surface area contributed by atoms with Gasteiger partial charge in [-0.3, -0.25) is 4.79 Å². The zero-order valence-electron chi connectivity index (χ0n) is 46.9. The van der Waals surface area contributed by atoms with Crippen LogP contribution in [-0.2, 0) is 46.8 Å². The molecular weight excluding hydrogens is 943 g/mol. The Morgan fingerprint density at radius 1 is 0.903 bits per heavy atom. The molecule has 7 fully saturated rings. The van der Waals surface area contributed by atoms with Crippen molar-refractivity contribution in [3.8, 4) is 0 Å². The third kappa shape index (κ3) is 11.3. The molecule has 7 saturated heterocycles. The van der Waals surface area contributed by atoms with E-state index >= 15 is 4.79 Å². The lowest BCUT2D eigenvalue weighted by molar-refractivity contribution is -0.400. The minimum Gasteiger partial charge on any atom is -0.445 e. The summed E-state index contributed by atoms with van der Waals surface area (Å²) in [5, 5.41) is 2.96. The summed E-state index contributed by atoms with van der Waals surface area (Å²) in [4.78, 5) is 28.6. The van der Waals surface area contributed by atoms with Crippen LogP contribution >= 0.6 is 0 Å². The van der Waals surface area contributed by atoms with E-state index in [0.717, 1.165) is 75.1 Å². The van der Waals surface area contributed by atoms with Gasteiger partial charge in [-0.1, -0.05) is 93.2 Å². The Hall–Kier alpha value is -1.73. The van der Waals surface area contributed by atoms with Crippen LogP contribution in [0.2, 0.25) is 36.3 Å². The van der Waals surface area contributed by atoms with E-state index in [1.54, 1.807) is 6.08 Å². The highest BCUT2D eigenvalue weighted by molar-refractivity contribution is 6.74. The lowest BCUT2D eigenvalue weighted by atomic mass is 9.57. The summed E-state index contributed by atoms with van der Waals surface area (Å²) in [6.45, 7) is 37.1. The second kappa shape index (κ2) is 21.6. The minimum atomic E-state index is -2.32. The molecule has 0 aromatic heterocycles. The molecule has 0 radical (unpaired) electrons. The van der Waals surface area contributed by atoms with Crippen molar-refractivity contribution in [1.29, 1.82) is 0 Å². The van der Waals surface area contributed by atoms with Gasteiger partial charge in [-0.25, -0.2) is 4.79 Å². The first-order valence-corrected chi connectivity index (χ1v) is 34.2. The molecule has 1 amide bonds. The van der Waals surface area contributed by atoms with Gasteiger partial charge in [-0.05, 0) is 131 Å². The van der Waals surface area contributed by atoms with Crippen molar-refractivity contribution in [2.45, 2.75) is 268 Å². The maximum absolute atomic E-state index is 15.9. The number of fused-ring (bicyclic) bond motifs is 7. The molecule has 0 aromatic carbocycles. The third-order valence-corrected chi connectivity index (χ3v) is 29.2. The number of ether oxygens (including phenoxy) is 7. The first kappa shape index (κ1) is 56.5. The Balaban J connectivity index is 1.20. The number of epoxide rings is 1. The van der Waals surface area contributed by atoms with Crippen molar-refractivity contribution < 1.29 is 51.6 Å². The van der Waals surface area contributed by atoms with Crippen LogP contribution in [0.1, 0.15) is 172 Å². The fraction of sp³-hybridized carbons (Fsp3) is 0.862. The number of amides is 1. The van der Waals surface area contributed by atoms with Crippen molar-refractivity contribution in [2.75, 3.05) is 19.8 Å². The predicted molar refractivity (Wildman–Crippen MR) is 286 cm³/mol. The highest BCUT2D eigenvalue weighted by Gasteiger charge is 2.68. The zero-order valence-corrected chi connectivity index (χ0v) is 48.9. The molecule has 1 aliphatic carbocycles. The van der Waals surface area contributed by atoms with Gasteiger partial charge in [0.2, 0.25) is 0 Å². The van der Waals surface area contributed by atoms with Crippen LogP contribution in [0.4, 0.5) is 4.79 Å². The predicted octanol–water partition coefficient (Wildman–Crippen LogP) is 13.0. The van der Waals surface area contributed by atoms with Gasteiger partial charge in [0.25, 0.3) is 0 Å². The molecule has 15 atom stereocenters. The van der Waals surface area contributed by atoms with E-state index in [1.165, 1.54) is 5.57 Å². The summed E-state index contributed by atoms with van der Waals surface area (Å²) in [6, 6.07) is 3.15. The maximum Gasteiger partial charge on any atom is 0.407 e. The number of hydrogen-bond acceptors (Lipinski definition) is 11. The first-order chi connectivity index (χ1) is 33.9. The van der Waals surface area contributed by atoms with Gasteiger partial charge in [0.15, 0.2) is 34.0 Å². The second-order valence-electron chi connectivity index (χ2n) is 26.0. The molecule has 3 spiro atoms. The molecule has 0 saturated carbocycles. The van der Waals surface area contributed by atoms with E-state index in [9.17, 15) is 4.79 Å². The quantitative estimate of drug-likeness (QED) is 0.0955. The Labute approximate surface area is 436 Å². The fourth-order valence-electron chi connectivity index (χ4n) is 14.1. The summed E-state index contributed by atoms with van der Waals surface area (Å²) in [6.07, 6.45) is 13.9.